The molecule has 2 rings (SSSR count). The molecule has 6 heteroatoms. The summed E-state index contributed by atoms with van der Waals surface area (Å²) in [5, 5.41) is 3.47. The van der Waals surface area contributed by atoms with Gasteiger partial charge in [-0.25, -0.2) is 0 Å². The smallest absolute Gasteiger partial charge is 0.234 e. The third-order valence-electron chi connectivity index (χ3n) is 3.53. The fourth-order valence-electron chi connectivity index (χ4n) is 2.48. The first-order chi connectivity index (χ1) is 11.0. The number of nitrogens with zero attached hydrogens (tertiary/aromatic N) is 1. The highest BCUT2D eigenvalue weighted by Gasteiger charge is 2.17. The number of fused-ring (bicyclic) bond motifs is 1. The molecule has 1 heterocycles. The second-order valence-electron chi connectivity index (χ2n) is 5.98. The molecule has 0 saturated heterocycles. The second-order valence-corrected chi connectivity index (χ2v) is 6.39. The minimum atomic E-state index is 0.0299. The van der Waals surface area contributed by atoms with Crippen molar-refractivity contribution in [3.63, 3.8) is 0 Å². The van der Waals surface area contributed by atoms with Gasteiger partial charge >= 0.3 is 0 Å². The molecule has 0 radical (unpaired) electrons. The third kappa shape index (κ3) is 5.29. The Hall–Kier alpha value is -1.46. The van der Waals surface area contributed by atoms with Crippen molar-refractivity contribution < 1.29 is 14.3 Å². The fourth-order valence-corrected chi connectivity index (χ4v) is 2.77. The molecule has 1 aromatic rings. The molecule has 0 bridgehead atoms. The van der Waals surface area contributed by atoms with Crippen LogP contribution in [0.2, 0.25) is 5.02 Å². The lowest BCUT2D eigenvalue weighted by Gasteiger charge is -2.21. The van der Waals surface area contributed by atoms with Crippen LogP contribution in [-0.4, -0.2) is 43.2 Å². The first kappa shape index (κ1) is 17.9. The van der Waals surface area contributed by atoms with Gasteiger partial charge in [-0.2, -0.15) is 0 Å². The molecular formula is C17H25ClN2O3. The summed E-state index contributed by atoms with van der Waals surface area (Å²) in [6.45, 7) is 8.96. The van der Waals surface area contributed by atoms with E-state index in [0.29, 0.717) is 42.8 Å². The predicted molar refractivity (Wildman–Crippen MR) is 91.3 cm³/mol. The molecule has 23 heavy (non-hydrogen) atoms. The maximum Gasteiger partial charge on any atom is 0.234 e. The Balaban J connectivity index is 2.07. The van der Waals surface area contributed by atoms with Gasteiger partial charge in [0.25, 0.3) is 0 Å². The van der Waals surface area contributed by atoms with Gasteiger partial charge in [0, 0.05) is 19.0 Å². The quantitative estimate of drug-likeness (QED) is 0.865. The lowest BCUT2D eigenvalue weighted by atomic mass is 10.2. The highest BCUT2D eigenvalue weighted by atomic mass is 35.5. The monoisotopic (exact) mass is 340 g/mol. The molecule has 1 aromatic carbocycles. The molecular weight excluding hydrogens is 316 g/mol. The first-order valence-corrected chi connectivity index (χ1v) is 8.47. The molecule has 0 unspecified atom stereocenters. The van der Waals surface area contributed by atoms with E-state index >= 15 is 0 Å². The number of hydrogen-bond acceptors (Lipinski definition) is 4. The van der Waals surface area contributed by atoms with Gasteiger partial charge in [-0.15, -0.1) is 0 Å². The molecule has 0 aliphatic carbocycles. The largest absolute Gasteiger partial charge is 0.489 e. The number of rotatable bonds is 6. The number of ether oxygens (including phenoxy) is 2. The zero-order chi connectivity index (χ0) is 16.8. The van der Waals surface area contributed by atoms with Crippen molar-refractivity contribution in [2.75, 3.05) is 26.3 Å². The van der Waals surface area contributed by atoms with E-state index in [1.165, 1.54) is 0 Å². The maximum absolute atomic E-state index is 11.9. The summed E-state index contributed by atoms with van der Waals surface area (Å²) in [7, 11) is 0. The minimum absolute atomic E-state index is 0.0299. The Bertz CT molecular complexity index is 549. The summed E-state index contributed by atoms with van der Waals surface area (Å²) in [6.07, 6.45) is 0.844. The normalized spacial score (nSPS) is 14.0. The Morgan fingerprint density at radius 2 is 2.09 bits per heavy atom. The van der Waals surface area contributed by atoms with Crippen molar-refractivity contribution in [2.45, 2.75) is 39.8 Å². The van der Waals surface area contributed by atoms with E-state index in [1.54, 1.807) is 0 Å². The van der Waals surface area contributed by atoms with Gasteiger partial charge < -0.3 is 14.8 Å². The van der Waals surface area contributed by atoms with Crippen molar-refractivity contribution in [2.24, 2.45) is 0 Å². The van der Waals surface area contributed by atoms with Crippen LogP contribution in [0.25, 0.3) is 0 Å². The summed E-state index contributed by atoms with van der Waals surface area (Å²) in [5.41, 5.74) is 1.01. The number of hydrogen-bond donors (Lipinski definition) is 1. The van der Waals surface area contributed by atoms with Gasteiger partial charge in [0.1, 0.15) is 0 Å². The molecule has 1 aliphatic rings. The van der Waals surface area contributed by atoms with Gasteiger partial charge in [-0.1, -0.05) is 18.5 Å². The Kier molecular flexibility index (Phi) is 6.54. The van der Waals surface area contributed by atoms with E-state index in [2.05, 4.69) is 10.2 Å². The van der Waals surface area contributed by atoms with E-state index in [-0.39, 0.29) is 11.9 Å². The topological polar surface area (TPSA) is 50.8 Å². The summed E-state index contributed by atoms with van der Waals surface area (Å²) < 4.78 is 11.4. The zero-order valence-corrected chi connectivity index (χ0v) is 14.8. The van der Waals surface area contributed by atoms with E-state index in [1.807, 2.05) is 32.9 Å². The van der Waals surface area contributed by atoms with Gasteiger partial charge in [-0.05, 0) is 38.1 Å². The summed E-state index contributed by atoms with van der Waals surface area (Å²) >= 11 is 6.32. The van der Waals surface area contributed by atoms with Gasteiger partial charge in [0.15, 0.2) is 11.5 Å². The van der Waals surface area contributed by atoms with Crippen LogP contribution in [0.3, 0.4) is 0 Å². The number of carbonyl (C=O) groups excluding carboxylic acids is 1. The van der Waals surface area contributed by atoms with E-state index in [9.17, 15) is 4.79 Å². The Labute approximate surface area is 142 Å². The standard InChI is InChI=1S/C17H25ClN2O3/c1-4-20(11-16(21)19-12(2)3)10-13-8-14(18)17-15(9-13)22-6-5-7-23-17/h8-9,12H,4-7,10-11H2,1-3H3,(H,19,21). The summed E-state index contributed by atoms with van der Waals surface area (Å²) in [6, 6.07) is 3.99. The van der Waals surface area contributed by atoms with Crippen LogP contribution in [-0.2, 0) is 11.3 Å². The van der Waals surface area contributed by atoms with Crippen molar-refractivity contribution in [1.29, 1.82) is 0 Å². The third-order valence-corrected chi connectivity index (χ3v) is 3.81. The fraction of sp³-hybridized carbons (Fsp3) is 0.588. The molecule has 0 saturated carbocycles. The van der Waals surface area contributed by atoms with Gasteiger partial charge in [0.2, 0.25) is 5.91 Å². The number of likely N-dealkylation sites (N-methyl/N-ethyl adjacent to an activating group) is 1. The highest BCUT2D eigenvalue weighted by molar-refractivity contribution is 6.32. The molecule has 1 amide bonds. The van der Waals surface area contributed by atoms with Crippen molar-refractivity contribution in [3.8, 4) is 11.5 Å². The number of nitrogens with one attached hydrogen (secondary N) is 1. The van der Waals surface area contributed by atoms with Crippen LogP contribution in [0.15, 0.2) is 12.1 Å². The van der Waals surface area contributed by atoms with E-state index in [0.717, 1.165) is 18.5 Å². The number of carbonyl (C=O) groups is 1. The summed E-state index contributed by atoms with van der Waals surface area (Å²) in [4.78, 5) is 14.0. The van der Waals surface area contributed by atoms with Gasteiger partial charge in [-0.3, -0.25) is 9.69 Å². The van der Waals surface area contributed by atoms with Crippen LogP contribution in [0, 0.1) is 0 Å². The van der Waals surface area contributed by atoms with Crippen molar-refractivity contribution in [1.82, 2.24) is 10.2 Å². The lowest BCUT2D eigenvalue weighted by molar-refractivity contribution is -0.122. The van der Waals surface area contributed by atoms with Crippen LogP contribution < -0.4 is 14.8 Å². The van der Waals surface area contributed by atoms with E-state index < -0.39 is 0 Å². The number of amides is 1. The number of benzene rings is 1. The molecule has 0 aromatic heterocycles. The molecule has 1 aliphatic heterocycles. The predicted octanol–water partition coefficient (Wildman–Crippen LogP) is 2.85. The van der Waals surface area contributed by atoms with Crippen molar-refractivity contribution in [3.05, 3.63) is 22.7 Å². The Morgan fingerprint density at radius 3 is 2.78 bits per heavy atom. The first-order valence-electron chi connectivity index (χ1n) is 8.09. The van der Waals surface area contributed by atoms with Crippen LogP contribution in [0.1, 0.15) is 32.8 Å². The highest BCUT2D eigenvalue weighted by Crippen LogP contribution is 2.38. The summed E-state index contributed by atoms with van der Waals surface area (Å²) in [5.74, 6) is 1.34. The second kappa shape index (κ2) is 8.41. The Morgan fingerprint density at radius 1 is 1.35 bits per heavy atom. The molecule has 128 valence electrons. The van der Waals surface area contributed by atoms with Gasteiger partial charge in [0.05, 0.1) is 24.8 Å². The zero-order valence-electron chi connectivity index (χ0n) is 14.0. The van der Waals surface area contributed by atoms with Crippen LogP contribution in [0.4, 0.5) is 0 Å². The van der Waals surface area contributed by atoms with Crippen LogP contribution in [0.5, 0.6) is 11.5 Å². The molecule has 0 spiro atoms. The minimum Gasteiger partial charge on any atom is -0.489 e. The van der Waals surface area contributed by atoms with Crippen molar-refractivity contribution >= 4 is 17.5 Å². The average Bonchev–Trinajstić information content (AvgIpc) is 2.71. The van der Waals surface area contributed by atoms with E-state index in [4.69, 9.17) is 21.1 Å². The maximum atomic E-state index is 11.9. The SMILES string of the molecule is CCN(CC(=O)NC(C)C)Cc1cc(Cl)c2c(c1)OCCCO2. The lowest BCUT2D eigenvalue weighted by Crippen LogP contribution is -2.39. The molecule has 0 fully saturated rings. The van der Waals surface area contributed by atoms with Crippen LogP contribution >= 0.6 is 11.6 Å². The molecule has 1 N–H and O–H groups in total. The average molecular weight is 341 g/mol. The molecule has 5 nitrogen and oxygen atoms in total. The molecule has 0 atom stereocenters. The number of halogens is 1.